The van der Waals surface area contributed by atoms with Crippen LogP contribution >= 0.6 is 0 Å². The van der Waals surface area contributed by atoms with Gasteiger partial charge in [-0.2, -0.15) is 0 Å². The Morgan fingerprint density at radius 3 is 2.33 bits per heavy atom. The van der Waals surface area contributed by atoms with Crippen molar-refractivity contribution < 1.29 is 14.3 Å². The number of hydrogen-bond acceptors (Lipinski definition) is 4. The zero-order valence-corrected chi connectivity index (χ0v) is 7.33. The zero-order chi connectivity index (χ0) is 9.19. The van der Waals surface area contributed by atoms with Crippen molar-refractivity contribution in [1.82, 2.24) is 0 Å². The number of carbonyl (C=O) groups is 1. The van der Waals surface area contributed by atoms with Crippen LogP contribution in [0.3, 0.4) is 0 Å². The molecular weight excluding hydrogens is 158 g/mol. The summed E-state index contributed by atoms with van der Waals surface area (Å²) in [7, 11) is 2.77. The van der Waals surface area contributed by atoms with Gasteiger partial charge in [-0.3, -0.25) is 4.79 Å². The van der Waals surface area contributed by atoms with Crippen molar-refractivity contribution in [2.75, 3.05) is 14.2 Å². The van der Waals surface area contributed by atoms with Crippen molar-refractivity contribution >= 4 is 11.5 Å². The van der Waals surface area contributed by atoms with Crippen LogP contribution in [0.2, 0.25) is 0 Å². The molecule has 0 bridgehead atoms. The fourth-order valence-corrected chi connectivity index (χ4v) is 1.00. The van der Waals surface area contributed by atoms with E-state index in [0.717, 1.165) is 0 Å². The van der Waals surface area contributed by atoms with E-state index >= 15 is 0 Å². The van der Waals surface area contributed by atoms with Crippen LogP contribution in [0.1, 0.15) is 6.92 Å². The van der Waals surface area contributed by atoms with E-state index in [9.17, 15) is 4.79 Å². The summed E-state index contributed by atoms with van der Waals surface area (Å²) >= 11 is 0. The molecule has 0 unspecified atom stereocenters. The lowest BCUT2D eigenvalue weighted by molar-refractivity contribution is -0.199. The molecule has 0 saturated heterocycles. The van der Waals surface area contributed by atoms with E-state index < -0.39 is 5.91 Å². The van der Waals surface area contributed by atoms with E-state index in [1.807, 2.05) is 0 Å². The Labute approximate surface area is 70.9 Å². The maximum Gasteiger partial charge on any atom is 0.336 e. The van der Waals surface area contributed by atoms with Gasteiger partial charge in [-0.15, -0.1) is 0 Å². The lowest BCUT2D eigenvalue weighted by Gasteiger charge is -2.25. The van der Waals surface area contributed by atoms with Crippen molar-refractivity contribution in [2.45, 2.75) is 12.8 Å². The minimum atomic E-state index is -1.45. The first kappa shape index (κ1) is 9.09. The topological polar surface area (TPSA) is 47.9 Å². The quantitative estimate of drug-likeness (QED) is 0.566. The van der Waals surface area contributed by atoms with Gasteiger partial charge in [0.2, 0.25) is 5.78 Å². The van der Waals surface area contributed by atoms with Crippen molar-refractivity contribution in [2.24, 2.45) is 4.99 Å². The summed E-state index contributed by atoms with van der Waals surface area (Å²) < 4.78 is 9.80. The molecule has 66 valence electrons. The molecule has 4 heteroatoms. The smallest absolute Gasteiger partial charge is 0.328 e. The normalized spacial score (nSPS) is 20.9. The molecule has 12 heavy (non-hydrogen) atoms. The second-order valence-electron chi connectivity index (χ2n) is 2.44. The molecule has 0 spiro atoms. The van der Waals surface area contributed by atoms with E-state index in [-0.39, 0.29) is 5.78 Å². The summed E-state index contributed by atoms with van der Waals surface area (Å²) in [5.41, 5.74) is 0.707. The molecule has 0 aromatic carbocycles. The van der Waals surface area contributed by atoms with Crippen molar-refractivity contribution in [3.05, 3.63) is 12.2 Å². The molecule has 1 rings (SSSR count). The van der Waals surface area contributed by atoms with Crippen LogP contribution in [-0.4, -0.2) is 31.6 Å². The zero-order valence-electron chi connectivity index (χ0n) is 7.33. The molecule has 4 nitrogen and oxygen atoms in total. The summed E-state index contributed by atoms with van der Waals surface area (Å²) in [6, 6.07) is 0. The molecule has 0 aromatic rings. The van der Waals surface area contributed by atoms with Gasteiger partial charge in [-0.05, 0) is 19.1 Å². The average molecular weight is 169 g/mol. The van der Waals surface area contributed by atoms with Gasteiger partial charge in [-0.25, -0.2) is 4.99 Å². The van der Waals surface area contributed by atoms with Gasteiger partial charge in [0.05, 0.1) is 0 Å². The van der Waals surface area contributed by atoms with Crippen LogP contribution in [0, 0.1) is 0 Å². The number of ether oxygens (including phenoxy) is 2. The van der Waals surface area contributed by atoms with Gasteiger partial charge in [0.15, 0.2) is 0 Å². The second kappa shape index (κ2) is 3.16. The largest absolute Gasteiger partial charge is 0.336 e. The number of dihydropyridines is 1. The monoisotopic (exact) mass is 169 g/mol. The summed E-state index contributed by atoms with van der Waals surface area (Å²) in [5.74, 6) is -1.74. The van der Waals surface area contributed by atoms with Crippen molar-refractivity contribution in [3.63, 3.8) is 0 Å². The molecule has 0 amide bonds. The first-order valence-corrected chi connectivity index (χ1v) is 3.54. The molecule has 0 aromatic heterocycles. The lowest BCUT2D eigenvalue weighted by Crippen LogP contribution is -2.42. The fourth-order valence-electron chi connectivity index (χ4n) is 1.00. The summed E-state index contributed by atoms with van der Waals surface area (Å²) in [6.45, 7) is 1.77. The third kappa shape index (κ3) is 1.31. The lowest BCUT2D eigenvalue weighted by atomic mass is 10.2. The molecule has 1 aliphatic rings. The second-order valence-corrected chi connectivity index (χ2v) is 2.44. The molecule has 0 N–H and O–H groups in total. The highest BCUT2D eigenvalue weighted by atomic mass is 16.7. The van der Waals surface area contributed by atoms with Crippen LogP contribution in [0.4, 0.5) is 0 Å². The predicted octanol–water partition coefficient (Wildman–Crippen LogP) is 0.533. The molecule has 1 heterocycles. The molecule has 0 aliphatic carbocycles. The average Bonchev–Trinajstić information content (AvgIpc) is 2.09. The number of hydrogen-bond donors (Lipinski definition) is 0. The standard InChI is InChI=1S/C8H11NO3/c1-6-4-5-7(10)8(9-6,11-2)12-3/h4-5H,1-3H3. The third-order valence-electron chi connectivity index (χ3n) is 1.66. The molecule has 0 radical (unpaired) electrons. The number of rotatable bonds is 2. The van der Waals surface area contributed by atoms with E-state index in [0.29, 0.717) is 5.71 Å². The Morgan fingerprint density at radius 2 is 1.92 bits per heavy atom. The van der Waals surface area contributed by atoms with Gasteiger partial charge < -0.3 is 9.47 Å². The van der Waals surface area contributed by atoms with E-state index in [1.165, 1.54) is 20.3 Å². The predicted molar refractivity (Wildman–Crippen MR) is 44.0 cm³/mol. The Bertz CT molecular complexity index is 251. The number of carbonyl (C=O) groups excluding carboxylic acids is 1. The number of allylic oxidation sites excluding steroid dienone is 1. The fraction of sp³-hybridized carbons (Fsp3) is 0.500. The van der Waals surface area contributed by atoms with Crippen LogP contribution < -0.4 is 0 Å². The van der Waals surface area contributed by atoms with E-state index in [4.69, 9.17) is 9.47 Å². The molecule has 0 atom stereocenters. The van der Waals surface area contributed by atoms with Gasteiger partial charge in [0.25, 0.3) is 0 Å². The Balaban J connectivity index is 3.02. The minimum absolute atomic E-state index is 0.293. The highest BCUT2D eigenvalue weighted by Gasteiger charge is 2.38. The molecule has 0 saturated carbocycles. The maximum absolute atomic E-state index is 11.3. The van der Waals surface area contributed by atoms with E-state index in [1.54, 1.807) is 13.0 Å². The molecular formula is C8H11NO3. The van der Waals surface area contributed by atoms with Gasteiger partial charge >= 0.3 is 5.91 Å². The van der Waals surface area contributed by atoms with Crippen LogP contribution in [0.5, 0.6) is 0 Å². The van der Waals surface area contributed by atoms with E-state index in [2.05, 4.69) is 4.99 Å². The number of nitrogens with zero attached hydrogens (tertiary/aromatic N) is 1. The molecule has 0 fully saturated rings. The van der Waals surface area contributed by atoms with Gasteiger partial charge in [0.1, 0.15) is 0 Å². The Hall–Kier alpha value is -1.00. The van der Waals surface area contributed by atoms with Crippen LogP contribution in [0.25, 0.3) is 0 Å². The van der Waals surface area contributed by atoms with Crippen molar-refractivity contribution in [3.8, 4) is 0 Å². The maximum atomic E-state index is 11.3. The highest BCUT2D eigenvalue weighted by molar-refractivity contribution is 6.07. The summed E-state index contributed by atoms with van der Waals surface area (Å²) in [4.78, 5) is 15.2. The first-order chi connectivity index (χ1) is 5.64. The van der Waals surface area contributed by atoms with Gasteiger partial charge in [-0.1, -0.05) is 0 Å². The number of aliphatic imine (C=N–C) groups is 1. The summed E-state index contributed by atoms with van der Waals surface area (Å²) in [6.07, 6.45) is 3.02. The minimum Gasteiger partial charge on any atom is -0.328 e. The van der Waals surface area contributed by atoms with Crippen LogP contribution in [-0.2, 0) is 14.3 Å². The number of methoxy groups -OCH3 is 2. The van der Waals surface area contributed by atoms with Gasteiger partial charge in [0, 0.05) is 19.9 Å². The Morgan fingerprint density at radius 1 is 1.33 bits per heavy atom. The number of ketones is 1. The van der Waals surface area contributed by atoms with Crippen LogP contribution in [0.15, 0.2) is 17.1 Å². The summed E-state index contributed by atoms with van der Waals surface area (Å²) in [5, 5.41) is 0. The van der Waals surface area contributed by atoms with Crippen molar-refractivity contribution in [1.29, 1.82) is 0 Å². The SMILES string of the molecule is COC1(OC)N=C(C)C=CC1=O. The molecule has 1 aliphatic heterocycles. The highest BCUT2D eigenvalue weighted by Crippen LogP contribution is 2.19. The first-order valence-electron chi connectivity index (χ1n) is 3.54. The Kier molecular flexibility index (Phi) is 2.40. The third-order valence-corrected chi connectivity index (χ3v) is 1.66.